The van der Waals surface area contributed by atoms with Crippen LogP contribution in [0.15, 0.2) is 0 Å². The lowest BCUT2D eigenvalue weighted by Crippen LogP contribution is -2.58. The molecule has 1 unspecified atom stereocenters. The Hall–Kier alpha value is -0.120. The molecule has 18 heavy (non-hydrogen) atoms. The highest BCUT2D eigenvalue weighted by Crippen LogP contribution is 2.37. The summed E-state index contributed by atoms with van der Waals surface area (Å²) in [5.74, 6) is 0.891. The zero-order valence-corrected chi connectivity index (χ0v) is 12.2. The molecule has 0 spiro atoms. The highest BCUT2D eigenvalue weighted by molar-refractivity contribution is 4.97. The molecule has 0 aromatic heterocycles. The zero-order valence-electron chi connectivity index (χ0n) is 12.2. The number of hydrogen-bond acceptors (Lipinski definition) is 3. The number of ether oxygens (including phenoxy) is 1. The molecule has 1 atom stereocenters. The van der Waals surface area contributed by atoms with Crippen molar-refractivity contribution in [3.8, 4) is 0 Å². The van der Waals surface area contributed by atoms with Crippen molar-refractivity contribution >= 4 is 0 Å². The lowest BCUT2D eigenvalue weighted by molar-refractivity contribution is -0.0241. The van der Waals surface area contributed by atoms with Crippen molar-refractivity contribution in [3.63, 3.8) is 0 Å². The van der Waals surface area contributed by atoms with Crippen LogP contribution in [0.5, 0.6) is 0 Å². The number of piperidine rings is 1. The molecular formula is C15H30N2O. The van der Waals surface area contributed by atoms with E-state index in [4.69, 9.17) is 10.5 Å². The molecule has 2 fully saturated rings. The van der Waals surface area contributed by atoms with Gasteiger partial charge in [-0.15, -0.1) is 0 Å². The molecule has 3 nitrogen and oxygen atoms in total. The van der Waals surface area contributed by atoms with Crippen molar-refractivity contribution in [2.45, 2.75) is 63.5 Å². The summed E-state index contributed by atoms with van der Waals surface area (Å²) in [5.41, 5.74) is 6.44. The topological polar surface area (TPSA) is 38.5 Å². The Labute approximate surface area is 112 Å². The second-order valence-electron chi connectivity index (χ2n) is 6.23. The molecular weight excluding hydrogens is 224 g/mol. The number of rotatable bonds is 4. The van der Waals surface area contributed by atoms with Gasteiger partial charge in [-0.1, -0.05) is 13.3 Å². The van der Waals surface area contributed by atoms with Crippen LogP contribution in [-0.2, 0) is 4.74 Å². The van der Waals surface area contributed by atoms with Crippen molar-refractivity contribution < 1.29 is 4.74 Å². The summed E-state index contributed by atoms with van der Waals surface area (Å²) in [6, 6.07) is 0. The summed E-state index contributed by atoms with van der Waals surface area (Å²) in [4.78, 5) is 2.72. The van der Waals surface area contributed by atoms with Crippen molar-refractivity contribution in [3.05, 3.63) is 0 Å². The average molecular weight is 254 g/mol. The SMILES string of the molecule is CCC1CCCN(C2(CN)CCC(OC)CC2)C1. The predicted octanol–water partition coefficient (Wildman–Crippen LogP) is 2.39. The zero-order chi connectivity index (χ0) is 13.0. The fourth-order valence-electron chi connectivity index (χ4n) is 3.84. The molecule has 106 valence electrons. The van der Waals surface area contributed by atoms with E-state index in [2.05, 4.69) is 11.8 Å². The van der Waals surface area contributed by atoms with Gasteiger partial charge in [0.15, 0.2) is 0 Å². The van der Waals surface area contributed by atoms with Crippen LogP contribution in [0.4, 0.5) is 0 Å². The number of nitrogens with two attached hydrogens (primary N) is 1. The largest absolute Gasteiger partial charge is 0.381 e. The third-order valence-electron chi connectivity index (χ3n) is 5.34. The highest BCUT2D eigenvalue weighted by atomic mass is 16.5. The van der Waals surface area contributed by atoms with E-state index >= 15 is 0 Å². The van der Waals surface area contributed by atoms with Crippen LogP contribution in [0.1, 0.15) is 51.9 Å². The third kappa shape index (κ3) is 2.89. The molecule has 1 heterocycles. The van der Waals surface area contributed by atoms with Gasteiger partial charge >= 0.3 is 0 Å². The van der Waals surface area contributed by atoms with Gasteiger partial charge in [0, 0.05) is 25.7 Å². The average Bonchev–Trinajstić information content (AvgIpc) is 2.47. The molecule has 1 aliphatic carbocycles. The first kappa shape index (κ1) is 14.3. The van der Waals surface area contributed by atoms with E-state index < -0.39 is 0 Å². The monoisotopic (exact) mass is 254 g/mol. The van der Waals surface area contributed by atoms with Gasteiger partial charge in [0.1, 0.15) is 0 Å². The number of hydrogen-bond donors (Lipinski definition) is 1. The maximum absolute atomic E-state index is 6.16. The van der Waals surface area contributed by atoms with Crippen LogP contribution in [0.3, 0.4) is 0 Å². The normalized spacial score (nSPS) is 38.8. The fraction of sp³-hybridized carbons (Fsp3) is 1.00. The van der Waals surface area contributed by atoms with E-state index in [0.717, 1.165) is 12.5 Å². The Morgan fingerprint density at radius 2 is 2.00 bits per heavy atom. The summed E-state index contributed by atoms with van der Waals surface area (Å²) in [5, 5.41) is 0. The Bertz CT molecular complexity index is 249. The fourth-order valence-corrected chi connectivity index (χ4v) is 3.84. The van der Waals surface area contributed by atoms with E-state index in [1.165, 1.54) is 58.0 Å². The molecule has 0 bridgehead atoms. The smallest absolute Gasteiger partial charge is 0.0572 e. The lowest BCUT2D eigenvalue weighted by Gasteiger charge is -2.50. The summed E-state index contributed by atoms with van der Waals surface area (Å²) < 4.78 is 5.50. The van der Waals surface area contributed by atoms with E-state index in [-0.39, 0.29) is 5.54 Å². The molecule has 0 aromatic rings. The maximum Gasteiger partial charge on any atom is 0.0572 e. The standard InChI is InChI=1S/C15H30N2O/c1-3-13-5-4-10-17(11-13)15(12-16)8-6-14(18-2)7-9-15/h13-14H,3-12,16H2,1-2H3. The minimum atomic E-state index is 0.281. The second kappa shape index (κ2) is 6.36. The molecule has 2 rings (SSSR count). The van der Waals surface area contributed by atoms with Crippen molar-refractivity contribution in [1.82, 2.24) is 4.90 Å². The van der Waals surface area contributed by atoms with Gasteiger partial charge in [0.05, 0.1) is 6.10 Å². The number of nitrogens with zero attached hydrogens (tertiary/aromatic N) is 1. The van der Waals surface area contributed by atoms with E-state index in [1.54, 1.807) is 0 Å². The summed E-state index contributed by atoms with van der Waals surface area (Å²) in [7, 11) is 1.84. The summed E-state index contributed by atoms with van der Waals surface area (Å²) >= 11 is 0. The van der Waals surface area contributed by atoms with Gasteiger partial charge in [-0.25, -0.2) is 0 Å². The summed E-state index contributed by atoms with van der Waals surface area (Å²) in [6.45, 7) is 5.67. The van der Waals surface area contributed by atoms with E-state index in [1.807, 2.05) is 7.11 Å². The highest BCUT2D eigenvalue weighted by Gasteiger charge is 2.40. The van der Waals surface area contributed by atoms with Crippen molar-refractivity contribution in [1.29, 1.82) is 0 Å². The molecule has 1 saturated heterocycles. The van der Waals surface area contributed by atoms with Crippen LogP contribution in [-0.4, -0.2) is 43.3 Å². The molecule has 3 heteroatoms. The molecule has 0 aromatic carbocycles. The second-order valence-corrected chi connectivity index (χ2v) is 6.23. The van der Waals surface area contributed by atoms with E-state index in [0.29, 0.717) is 6.10 Å². The van der Waals surface area contributed by atoms with Gasteiger partial charge in [-0.05, 0) is 51.0 Å². The summed E-state index contributed by atoms with van der Waals surface area (Å²) in [6.07, 6.45) is 9.36. The Balaban J connectivity index is 1.99. The van der Waals surface area contributed by atoms with Crippen LogP contribution in [0.25, 0.3) is 0 Å². The van der Waals surface area contributed by atoms with Crippen LogP contribution >= 0.6 is 0 Å². The Morgan fingerprint density at radius 1 is 1.28 bits per heavy atom. The predicted molar refractivity (Wildman–Crippen MR) is 75.6 cm³/mol. The van der Waals surface area contributed by atoms with Crippen LogP contribution in [0.2, 0.25) is 0 Å². The third-order valence-corrected chi connectivity index (χ3v) is 5.34. The maximum atomic E-state index is 6.16. The first-order valence-electron chi connectivity index (χ1n) is 7.72. The first-order valence-corrected chi connectivity index (χ1v) is 7.72. The minimum Gasteiger partial charge on any atom is -0.381 e. The van der Waals surface area contributed by atoms with Gasteiger partial charge in [-0.2, -0.15) is 0 Å². The quantitative estimate of drug-likeness (QED) is 0.837. The molecule has 2 N–H and O–H groups in total. The minimum absolute atomic E-state index is 0.281. The van der Waals surface area contributed by atoms with Gasteiger partial charge in [0.2, 0.25) is 0 Å². The molecule has 1 saturated carbocycles. The number of likely N-dealkylation sites (tertiary alicyclic amines) is 1. The first-order chi connectivity index (χ1) is 8.74. The Morgan fingerprint density at radius 3 is 2.56 bits per heavy atom. The van der Waals surface area contributed by atoms with Crippen molar-refractivity contribution in [2.24, 2.45) is 11.7 Å². The molecule has 0 amide bonds. The van der Waals surface area contributed by atoms with Gasteiger partial charge in [0.25, 0.3) is 0 Å². The van der Waals surface area contributed by atoms with Gasteiger partial charge < -0.3 is 10.5 Å². The Kier molecular flexibility index (Phi) is 5.05. The molecule has 0 radical (unpaired) electrons. The van der Waals surface area contributed by atoms with Crippen LogP contribution in [0, 0.1) is 5.92 Å². The number of methoxy groups -OCH3 is 1. The van der Waals surface area contributed by atoms with Crippen LogP contribution < -0.4 is 5.73 Å². The van der Waals surface area contributed by atoms with Gasteiger partial charge in [-0.3, -0.25) is 4.90 Å². The van der Waals surface area contributed by atoms with Crippen molar-refractivity contribution in [2.75, 3.05) is 26.7 Å². The van der Waals surface area contributed by atoms with E-state index in [9.17, 15) is 0 Å². The molecule has 1 aliphatic heterocycles. The molecule has 2 aliphatic rings. The lowest BCUT2D eigenvalue weighted by atomic mass is 9.77.